The number of hydrogen-bond donors (Lipinski definition) is 1. The topological polar surface area (TPSA) is 54.5 Å². The second-order valence-corrected chi connectivity index (χ2v) is 6.92. The van der Waals surface area contributed by atoms with Gasteiger partial charge in [-0.15, -0.1) is 11.3 Å². The minimum Gasteiger partial charge on any atom is -0.486 e. The minimum atomic E-state index is 0.159. The van der Waals surface area contributed by atoms with E-state index in [0.29, 0.717) is 24.6 Å². The molecule has 7 heteroatoms. The smallest absolute Gasteiger partial charge is 0.222 e. The van der Waals surface area contributed by atoms with Gasteiger partial charge >= 0.3 is 0 Å². The van der Waals surface area contributed by atoms with Crippen molar-refractivity contribution in [2.24, 2.45) is 0 Å². The number of halogens is 1. The quantitative estimate of drug-likeness (QED) is 0.691. The lowest BCUT2D eigenvalue weighted by molar-refractivity contribution is -0.128. The summed E-state index contributed by atoms with van der Waals surface area (Å²) in [5.41, 5.74) is 0.994. The monoisotopic (exact) mass is 367 g/mol. The zero-order chi connectivity index (χ0) is 17.4. The van der Waals surface area contributed by atoms with Crippen LogP contribution in [0, 0.1) is 0 Å². The molecule has 0 aliphatic heterocycles. The van der Waals surface area contributed by atoms with E-state index in [-0.39, 0.29) is 5.91 Å². The molecule has 0 fully saturated rings. The third-order valence-corrected chi connectivity index (χ3v) is 4.45. The average molecular weight is 368 g/mol. The van der Waals surface area contributed by atoms with Crippen LogP contribution in [-0.2, 0) is 17.9 Å². The molecule has 24 heavy (non-hydrogen) atoms. The van der Waals surface area contributed by atoms with Gasteiger partial charge in [0.15, 0.2) is 0 Å². The number of carbonyl (C=O) groups is 1. The van der Waals surface area contributed by atoms with Crippen LogP contribution in [0.25, 0.3) is 0 Å². The van der Waals surface area contributed by atoms with Gasteiger partial charge in [0.25, 0.3) is 0 Å². The maximum Gasteiger partial charge on any atom is 0.222 e. The average Bonchev–Trinajstić information content (AvgIpc) is 3.01. The largest absolute Gasteiger partial charge is 0.486 e. The summed E-state index contributed by atoms with van der Waals surface area (Å²) in [5.74, 6) is 0.937. The maximum absolute atomic E-state index is 11.5. The summed E-state index contributed by atoms with van der Waals surface area (Å²) in [4.78, 5) is 17.6. The molecule has 0 saturated heterocycles. The van der Waals surface area contributed by atoms with Crippen LogP contribution in [-0.4, -0.2) is 36.4 Å². The van der Waals surface area contributed by atoms with Crippen molar-refractivity contribution in [1.82, 2.24) is 15.2 Å². The SMILES string of the molecule is CN(C)C(=O)CCCNCc1csc(COc2ccc(Cl)cc2)n1. The Balaban J connectivity index is 1.65. The molecule has 2 aromatic rings. The number of nitrogens with zero attached hydrogens (tertiary/aromatic N) is 2. The number of rotatable bonds is 9. The molecule has 0 bridgehead atoms. The van der Waals surface area contributed by atoms with Crippen molar-refractivity contribution in [1.29, 1.82) is 0 Å². The molecule has 1 N–H and O–H groups in total. The fourth-order valence-electron chi connectivity index (χ4n) is 1.98. The van der Waals surface area contributed by atoms with E-state index >= 15 is 0 Å². The van der Waals surface area contributed by atoms with Gasteiger partial charge < -0.3 is 15.0 Å². The van der Waals surface area contributed by atoms with Crippen molar-refractivity contribution in [2.75, 3.05) is 20.6 Å². The van der Waals surface area contributed by atoms with Crippen LogP contribution in [0.3, 0.4) is 0 Å². The predicted molar refractivity (Wildman–Crippen MR) is 97.5 cm³/mol. The zero-order valence-corrected chi connectivity index (χ0v) is 15.5. The lowest BCUT2D eigenvalue weighted by atomic mass is 10.3. The summed E-state index contributed by atoms with van der Waals surface area (Å²) in [6.07, 6.45) is 1.39. The van der Waals surface area contributed by atoms with Gasteiger partial charge in [0.1, 0.15) is 17.4 Å². The van der Waals surface area contributed by atoms with Gasteiger partial charge in [-0.05, 0) is 37.2 Å². The van der Waals surface area contributed by atoms with E-state index in [1.54, 1.807) is 42.5 Å². The Labute approximate surface area is 151 Å². The highest BCUT2D eigenvalue weighted by Gasteiger charge is 2.05. The Bertz CT molecular complexity index is 644. The lowest BCUT2D eigenvalue weighted by Gasteiger charge is -2.09. The van der Waals surface area contributed by atoms with E-state index in [2.05, 4.69) is 10.3 Å². The fourth-order valence-corrected chi connectivity index (χ4v) is 2.81. The molecule has 0 saturated carbocycles. The highest BCUT2D eigenvalue weighted by atomic mass is 35.5. The van der Waals surface area contributed by atoms with E-state index in [1.165, 1.54) is 0 Å². The third kappa shape index (κ3) is 6.47. The second kappa shape index (κ2) is 9.61. The molecule has 0 aliphatic rings. The number of aromatic nitrogens is 1. The normalized spacial score (nSPS) is 10.6. The number of hydrogen-bond acceptors (Lipinski definition) is 5. The first-order valence-electron chi connectivity index (χ1n) is 7.77. The van der Waals surface area contributed by atoms with Gasteiger partial charge in [0.05, 0.1) is 5.69 Å². The van der Waals surface area contributed by atoms with Crippen molar-refractivity contribution in [3.8, 4) is 5.75 Å². The summed E-state index contributed by atoms with van der Waals surface area (Å²) in [5, 5.41) is 6.96. The maximum atomic E-state index is 11.5. The molecular weight excluding hydrogens is 346 g/mol. The van der Waals surface area contributed by atoms with Crippen molar-refractivity contribution < 1.29 is 9.53 Å². The van der Waals surface area contributed by atoms with E-state index in [0.717, 1.165) is 29.4 Å². The van der Waals surface area contributed by atoms with Crippen LogP contribution in [0.5, 0.6) is 5.75 Å². The number of amides is 1. The third-order valence-electron chi connectivity index (χ3n) is 3.32. The fraction of sp³-hybridized carbons (Fsp3) is 0.412. The van der Waals surface area contributed by atoms with Crippen LogP contribution >= 0.6 is 22.9 Å². The summed E-state index contributed by atoms with van der Waals surface area (Å²) >= 11 is 7.42. The standard InChI is InChI=1S/C17H22ClN3O2S/c1-21(2)17(22)4-3-9-19-10-14-12-24-16(20-14)11-23-15-7-5-13(18)6-8-15/h5-8,12,19H,3-4,9-11H2,1-2H3. The summed E-state index contributed by atoms with van der Waals surface area (Å²) in [6.45, 7) is 1.95. The molecule has 0 radical (unpaired) electrons. The van der Waals surface area contributed by atoms with E-state index < -0.39 is 0 Å². The Kier molecular flexibility index (Phi) is 7.49. The molecule has 0 spiro atoms. The minimum absolute atomic E-state index is 0.159. The van der Waals surface area contributed by atoms with Crippen LogP contribution in [0.4, 0.5) is 0 Å². The van der Waals surface area contributed by atoms with Crippen molar-refractivity contribution >= 4 is 28.8 Å². The number of carbonyl (C=O) groups excluding carboxylic acids is 1. The Morgan fingerprint density at radius 1 is 1.33 bits per heavy atom. The first-order chi connectivity index (χ1) is 11.5. The number of benzene rings is 1. The Morgan fingerprint density at radius 3 is 2.79 bits per heavy atom. The van der Waals surface area contributed by atoms with Gasteiger partial charge in [-0.1, -0.05) is 11.6 Å². The Hall–Kier alpha value is -1.63. The highest BCUT2D eigenvalue weighted by molar-refractivity contribution is 7.09. The molecule has 1 aromatic heterocycles. The number of ether oxygens (including phenoxy) is 1. The van der Waals surface area contributed by atoms with Gasteiger partial charge in [-0.3, -0.25) is 4.79 Å². The van der Waals surface area contributed by atoms with Gasteiger partial charge in [0.2, 0.25) is 5.91 Å². The molecule has 2 rings (SSSR count). The molecule has 0 atom stereocenters. The summed E-state index contributed by atoms with van der Waals surface area (Å²) in [6, 6.07) is 7.28. The molecule has 0 aliphatic carbocycles. The molecule has 130 valence electrons. The first-order valence-corrected chi connectivity index (χ1v) is 9.03. The predicted octanol–water partition coefficient (Wildman–Crippen LogP) is 3.33. The van der Waals surface area contributed by atoms with E-state index in [1.807, 2.05) is 17.5 Å². The van der Waals surface area contributed by atoms with Gasteiger partial charge in [0, 0.05) is 37.5 Å². The van der Waals surface area contributed by atoms with Crippen LogP contribution < -0.4 is 10.1 Å². The van der Waals surface area contributed by atoms with E-state index in [9.17, 15) is 4.79 Å². The number of nitrogens with one attached hydrogen (secondary N) is 1. The van der Waals surface area contributed by atoms with Crippen molar-refractivity contribution in [3.63, 3.8) is 0 Å². The van der Waals surface area contributed by atoms with Crippen molar-refractivity contribution in [2.45, 2.75) is 26.0 Å². The van der Waals surface area contributed by atoms with E-state index in [4.69, 9.17) is 16.3 Å². The van der Waals surface area contributed by atoms with Crippen molar-refractivity contribution in [3.05, 3.63) is 45.4 Å². The van der Waals surface area contributed by atoms with Crippen LogP contribution in [0.2, 0.25) is 5.02 Å². The number of thiazole rings is 1. The molecule has 0 unspecified atom stereocenters. The second-order valence-electron chi connectivity index (χ2n) is 5.54. The summed E-state index contributed by atoms with van der Waals surface area (Å²) < 4.78 is 5.68. The molecule has 1 aromatic carbocycles. The summed E-state index contributed by atoms with van der Waals surface area (Å²) in [7, 11) is 3.55. The van der Waals surface area contributed by atoms with Gasteiger partial charge in [-0.25, -0.2) is 4.98 Å². The highest BCUT2D eigenvalue weighted by Crippen LogP contribution is 2.18. The first kappa shape index (κ1) is 18.7. The lowest BCUT2D eigenvalue weighted by Crippen LogP contribution is -2.23. The molecule has 1 amide bonds. The molecule has 5 nitrogen and oxygen atoms in total. The zero-order valence-electron chi connectivity index (χ0n) is 13.9. The van der Waals surface area contributed by atoms with Crippen LogP contribution in [0.15, 0.2) is 29.6 Å². The molecular formula is C17H22ClN3O2S. The van der Waals surface area contributed by atoms with Gasteiger partial charge in [-0.2, -0.15) is 0 Å². The molecule has 1 heterocycles. The Morgan fingerprint density at radius 2 is 2.08 bits per heavy atom. The van der Waals surface area contributed by atoms with Crippen LogP contribution in [0.1, 0.15) is 23.5 Å².